The molecule has 3 aromatic rings. The van der Waals surface area contributed by atoms with Crippen molar-refractivity contribution in [3.8, 4) is 11.3 Å². The van der Waals surface area contributed by atoms with Gasteiger partial charge >= 0.3 is 0 Å². The molecule has 8 nitrogen and oxygen atoms in total. The standard InChI is InChI=1S/C23H31N7O/c1-28(2)12-11-24-9-10-26-18-5-6-19-21-20(18)23(31)16-7-8-25-15-17(16)22(21)27-30(19)14-13-29(3)4/h5-8,15,24,26H,9-14H2,1-4H3. The number of benzene rings is 1. The number of carbonyl (C=O) groups excluding carboxylic acids is 1. The Morgan fingerprint density at radius 2 is 1.77 bits per heavy atom. The van der Waals surface area contributed by atoms with Crippen molar-refractivity contribution < 1.29 is 4.79 Å². The molecule has 2 heterocycles. The summed E-state index contributed by atoms with van der Waals surface area (Å²) >= 11 is 0. The first kappa shape index (κ1) is 21.4. The van der Waals surface area contributed by atoms with Crippen LogP contribution in [0.4, 0.5) is 5.69 Å². The highest BCUT2D eigenvalue weighted by molar-refractivity contribution is 6.27. The lowest BCUT2D eigenvalue weighted by atomic mass is 9.87. The molecule has 0 aliphatic heterocycles. The molecule has 0 spiro atoms. The third-order valence-electron chi connectivity index (χ3n) is 5.58. The van der Waals surface area contributed by atoms with Gasteiger partial charge in [-0.2, -0.15) is 5.10 Å². The minimum Gasteiger partial charge on any atom is -0.383 e. The SMILES string of the molecule is CN(C)CCNCCNc1ccc2c3c(nn2CCN(C)C)-c2cnccc2C(=O)c13. The van der Waals surface area contributed by atoms with E-state index in [1.54, 1.807) is 18.5 Å². The Kier molecular flexibility index (Phi) is 6.31. The Hall–Kier alpha value is -2.81. The molecule has 0 fully saturated rings. The number of aromatic nitrogens is 3. The molecule has 0 amide bonds. The van der Waals surface area contributed by atoms with Gasteiger partial charge in [0.05, 0.1) is 17.6 Å². The Morgan fingerprint density at radius 3 is 2.55 bits per heavy atom. The number of anilines is 1. The third kappa shape index (κ3) is 4.32. The van der Waals surface area contributed by atoms with Crippen molar-refractivity contribution in [3.05, 3.63) is 41.7 Å². The molecule has 31 heavy (non-hydrogen) atoms. The van der Waals surface area contributed by atoms with Crippen LogP contribution in [-0.2, 0) is 6.54 Å². The summed E-state index contributed by atoms with van der Waals surface area (Å²) < 4.78 is 2.01. The fraction of sp³-hybridized carbons (Fsp3) is 0.435. The number of likely N-dealkylation sites (N-methyl/N-ethyl adjacent to an activating group) is 2. The topological polar surface area (TPSA) is 78.3 Å². The monoisotopic (exact) mass is 421 g/mol. The summed E-state index contributed by atoms with van der Waals surface area (Å²) in [5.41, 5.74) is 4.90. The number of carbonyl (C=O) groups is 1. The van der Waals surface area contributed by atoms with Crippen molar-refractivity contribution in [2.75, 3.05) is 66.2 Å². The van der Waals surface area contributed by atoms with Gasteiger partial charge in [-0.05, 0) is 46.4 Å². The summed E-state index contributed by atoms with van der Waals surface area (Å²) in [7, 11) is 8.23. The Balaban J connectivity index is 1.66. The zero-order valence-corrected chi connectivity index (χ0v) is 18.8. The van der Waals surface area contributed by atoms with E-state index >= 15 is 0 Å². The molecule has 4 rings (SSSR count). The molecule has 0 unspecified atom stereocenters. The maximum atomic E-state index is 13.5. The summed E-state index contributed by atoms with van der Waals surface area (Å²) in [5.74, 6) is 0.0331. The van der Waals surface area contributed by atoms with Gasteiger partial charge in [0, 0.05) is 67.3 Å². The van der Waals surface area contributed by atoms with E-state index in [4.69, 9.17) is 5.10 Å². The van der Waals surface area contributed by atoms with Crippen LogP contribution < -0.4 is 10.6 Å². The van der Waals surface area contributed by atoms with E-state index in [0.717, 1.165) is 72.7 Å². The van der Waals surface area contributed by atoms with Crippen LogP contribution in [0.1, 0.15) is 15.9 Å². The Morgan fingerprint density at radius 1 is 0.968 bits per heavy atom. The molecule has 0 saturated heterocycles. The zero-order valence-electron chi connectivity index (χ0n) is 18.8. The Labute approximate surface area is 183 Å². The molecule has 0 radical (unpaired) electrons. The van der Waals surface area contributed by atoms with Crippen molar-refractivity contribution >= 4 is 22.4 Å². The molecule has 0 bridgehead atoms. The van der Waals surface area contributed by atoms with E-state index < -0.39 is 0 Å². The molecule has 2 N–H and O–H groups in total. The molecule has 0 atom stereocenters. The minimum absolute atomic E-state index is 0.0331. The molecular formula is C23H31N7O. The highest BCUT2D eigenvalue weighted by Crippen LogP contribution is 2.41. The van der Waals surface area contributed by atoms with Crippen LogP contribution in [0.2, 0.25) is 0 Å². The quantitative estimate of drug-likeness (QED) is 0.378. The summed E-state index contributed by atoms with van der Waals surface area (Å²) in [6.45, 7) is 5.13. The molecule has 1 aliphatic carbocycles. The van der Waals surface area contributed by atoms with Crippen molar-refractivity contribution in [1.82, 2.24) is 29.9 Å². The second-order valence-electron chi connectivity index (χ2n) is 8.49. The number of nitrogens with one attached hydrogen (secondary N) is 2. The average Bonchev–Trinajstić information content (AvgIpc) is 3.12. The van der Waals surface area contributed by atoms with E-state index in [-0.39, 0.29) is 5.78 Å². The normalized spacial score (nSPS) is 12.8. The number of hydrogen-bond donors (Lipinski definition) is 2. The van der Waals surface area contributed by atoms with E-state index in [0.29, 0.717) is 5.56 Å². The van der Waals surface area contributed by atoms with Crippen LogP contribution in [0.15, 0.2) is 30.6 Å². The first-order valence-electron chi connectivity index (χ1n) is 10.7. The van der Waals surface area contributed by atoms with Gasteiger partial charge < -0.3 is 20.4 Å². The summed E-state index contributed by atoms with van der Waals surface area (Å²) in [6.07, 6.45) is 3.43. The predicted octanol–water partition coefficient (Wildman–Crippen LogP) is 1.77. The van der Waals surface area contributed by atoms with Crippen molar-refractivity contribution in [3.63, 3.8) is 0 Å². The van der Waals surface area contributed by atoms with Crippen molar-refractivity contribution in [2.45, 2.75) is 6.54 Å². The van der Waals surface area contributed by atoms with Gasteiger partial charge in [-0.1, -0.05) is 0 Å². The van der Waals surface area contributed by atoms with E-state index in [1.165, 1.54) is 0 Å². The van der Waals surface area contributed by atoms with Crippen LogP contribution in [0.25, 0.3) is 22.2 Å². The number of hydrogen-bond acceptors (Lipinski definition) is 7. The number of fused-ring (bicyclic) bond motifs is 2. The molecule has 8 heteroatoms. The minimum atomic E-state index is 0.0331. The van der Waals surface area contributed by atoms with E-state index in [2.05, 4.69) is 45.6 Å². The smallest absolute Gasteiger partial charge is 0.196 e. The summed E-state index contributed by atoms with van der Waals surface area (Å²) in [6, 6.07) is 5.88. The molecule has 0 saturated carbocycles. The maximum absolute atomic E-state index is 13.5. The number of ketones is 1. The lowest BCUT2D eigenvalue weighted by Crippen LogP contribution is -2.30. The molecular weight excluding hydrogens is 390 g/mol. The van der Waals surface area contributed by atoms with Crippen molar-refractivity contribution in [1.29, 1.82) is 0 Å². The molecule has 2 aromatic heterocycles. The lowest BCUT2D eigenvalue weighted by molar-refractivity contribution is 0.104. The first-order valence-corrected chi connectivity index (χ1v) is 10.7. The lowest BCUT2D eigenvalue weighted by Gasteiger charge is -2.18. The second kappa shape index (κ2) is 9.13. The van der Waals surface area contributed by atoms with Gasteiger partial charge in [-0.15, -0.1) is 0 Å². The van der Waals surface area contributed by atoms with E-state index in [9.17, 15) is 4.79 Å². The second-order valence-corrected chi connectivity index (χ2v) is 8.49. The average molecular weight is 422 g/mol. The number of nitrogens with zero attached hydrogens (tertiary/aromatic N) is 5. The predicted molar refractivity (Wildman–Crippen MR) is 125 cm³/mol. The summed E-state index contributed by atoms with van der Waals surface area (Å²) in [5, 5.41) is 12.7. The van der Waals surface area contributed by atoms with E-state index in [1.807, 2.05) is 24.8 Å². The molecule has 1 aromatic carbocycles. The van der Waals surface area contributed by atoms with Crippen LogP contribution in [-0.4, -0.2) is 91.3 Å². The van der Waals surface area contributed by atoms with Gasteiger partial charge in [0.25, 0.3) is 0 Å². The summed E-state index contributed by atoms with van der Waals surface area (Å²) in [4.78, 5) is 22.0. The molecule has 164 valence electrons. The Bertz CT molecular complexity index is 1090. The fourth-order valence-corrected chi connectivity index (χ4v) is 3.94. The van der Waals surface area contributed by atoms with Crippen LogP contribution in [0, 0.1) is 0 Å². The third-order valence-corrected chi connectivity index (χ3v) is 5.58. The highest BCUT2D eigenvalue weighted by Gasteiger charge is 2.31. The number of rotatable bonds is 10. The van der Waals surface area contributed by atoms with Gasteiger partial charge in [-0.25, -0.2) is 0 Å². The van der Waals surface area contributed by atoms with Crippen LogP contribution in [0.3, 0.4) is 0 Å². The number of pyridine rings is 1. The maximum Gasteiger partial charge on any atom is 0.196 e. The van der Waals surface area contributed by atoms with Crippen LogP contribution >= 0.6 is 0 Å². The van der Waals surface area contributed by atoms with Gasteiger partial charge in [0.1, 0.15) is 5.69 Å². The van der Waals surface area contributed by atoms with Gasteiger partial charge in [0.15, 0.2) is 5.78 Å². The highest BCUT2D eigenvalue weighted by atomic mass is 16.1. The van der Waals surface area contributed by atoms with Crippen LogP contribution in [0.5, 0.6) is 0 Å². The van der Waals surface area contributed by atoms with Crippen molar-refractivity contribution in [2.24, 2.45) is 0 Å². The molecule has 1 aliphatic rings. The first-order chi connectivity index (χ1) is 15.0. The zero-order chi connectivity index (χ0) is 22.0. The largest absolute Gasteiger partial charge is 0.383 e. The van der Waals surface area contributed by atoms with Gasteiger partial charge in [0.2, 0.25) is 0 Å². The fourth-order valence-electron chi connectivity index (χ4n) is 3.94. The van der Waals surface area contributed by atoms with Gasteiger partial charge in [-0.3, -0.25) is 14.5 Å².